The van der Waals surface area contributed by atoms with Crippen LogP contribution in [0.3, 0.4) is 0 Å². The second kappa shape index (κ2) is 7.15. The minimum Gasteiger partial charge on any atom is -0.374 e. The highest BCUT2D eigenvalue weighted by atomic mass is 32.2. The molecule has 2 heterocycles. The predicted molar refractivity (Wildman–Crippen MR) is 97.1 cm³/mol. The molecule has 0 radical (unpaired) electrons. The highest BCUT2D eigenvalue weighted by molar-refractivity contribution is 7.89. The molecule has 0 aliphatic heterocycles. The van der Waals surface area contributed by atoms with Gasteiger partial charge in [0.1, 0.15) is 10.7 Å². The summed E-state index contributed by atoms with van der Waals surface area (Å²) in [5.41, 5.74) is 1.38. The Morgan fingerprint density at radius 2 is 2.12 bits per heavy atom. The molecule has 9 nitrogen and oxygen atoms in total. The van der Waals surface area contributed by atoms with Crippen LogP contribution in [0.1, 0.15) is 5.69 Å². The third-order valence-electron chi connectivity index (χ3n) is 3.41. The summed E-state index contributed by atoms with van der Waals surface area (Å²) in [5, 5.41) is 21.8. The molecule has 1 aromatic carbocycles. The number of pyridine rings is 1. The monoisotopic (exact) mass is 391 g/mol. The summed E-state index contributed by atoms with van der Waals surface area (Å²) in [6.07, 6.45) is 3.37. The molecule has 0 saturated carbocycles. The summed E-state index contributed by atoms with van der Waals surface area (Å²) < 4.78 is 22.7. The highest BCUT2D eigenvalue weighted by Gasteiger charge is 2.19. The molecule has 2 aromatic heterocycles. The number of primary sulfonamides is 1. The second-order valence-corrected chi connectivity index (χ2v) is 7.64. The van der Waals surface area contributed by atoms with Crippen molar-refractivity contribution in [2.24, 2.45) is 5.14 Å². The third kappa shape index (κ3) is 4.02. The number of nitro groups is 1. The molecule has 0 atom stereocenters. The van der Waals surface area contributed by atoms with E-state index in [-0.39, 0.29) is 22.8 Å². The first-order chi connectivity index (χ1) is 12.3. The van der Waals surface area contributed by atoms with E-state index < -0.39 is 14.9 Å². The fraction of sp³-hybridized carbons (Fsp3) is 0.0667. The van der Waals surface area contributed by atoms with Crippen LogP contribution in [0.4, 0.5) is 11.4 Å². The Kier molecular flexibility index (Phi) is 4.93. The van der Waals surface area contributed by atoms with Crippen LogP contribution in [0.25, 0.3) is 10.6 Å². The Balaban J connectivity index is 1.80. The van der Waals surface area contributed by atoms with Crippen molar-refractivity contribution in [1.82, 2.24) is 9.97 Å². The van der Waals surface area contributed by atoms with E-state index in [1.54, 1.807) is 12.4 Å². The van der Waals surface area contributed by atoms with Crippen LogP contribution in [-0.4, -0.2) is 23.3 Å². The number of rotatable bonds is 6. The number of nitrogens with one attached hydrogen (secondary N) is 1. The summed E-state index contributed by atoms with van der Waals surface area (Å²) in [6, 6.07) is 7.16. The van der Waals surface area contributed by atoms with E-state index >= 15 is 0 Å². The van der Waals surface area contributed by atoms with Gasteiger partial charge in [-0.2, -0.15) is 0 Å². The highest BCUT2D eigenvalue weighted by Crippen LogP contribution is 2.28. The summed E-state index contributed by atoms with van der Waals surface area (Å²) in [7, 11) is -4.02. The molecule has 0 aliphatic carbocycles. The average Bonchev–Trinajstić information content (AvgIpc) is 3.08. The zero-order valence-corrected chi connectivity index (χ0v) is 14.8. The van der Waals surface area contributed by atoms with E-state index in [0.717, 1.165) is 16.6 Å². The number of thiazole rings is 1. The molecule has 0 unspecified atom stereocenters. The molecular formula is C15H13N5O4S2. The average molecular weight is 391 g/mol. The molecule has 11 heteroatoms. The van der Waals surface area contributed by atoms with Gasteiger partial charge in [-0.3, -0.25) is 15.1 Å². The van der Waals surface area contributed by atoms with Gasteiger partial charge < -0.3 is 5.32 Å². The number of nitrogens with two attached hydrogens (primary N) is 1. The molecule has 3 N–H and O–H groups in total. The Labute approximate surface area is 152 Å². The van der Waals surface area contributed by atoms with Crippen LogP contribution in [0.2, 0.25) is 0 Å². The lowest BCUT2D eigenvalue weighted by molar-refractivity contribution is -0.384. The van der Waals surface area contributed by atoms with Crippen LogP contribution in [0.15, 0.2) is 53.0 Å². The van der Waals surface area contributed by atoms with Gasteiger partial charge in [-0.05, 0) is 24.3 Å². The first-order valence-corrected chi connectivity index (χ1v) is 9.67. The van der Waals surface area contributed by atoms with Gasteiger partial charge in [0.15, 0.2) is 0 Å². The number of nitrogens with zero attached hydrogens (tertiary/aromatic N) is 3. The van der Waals surface area contributed by atoms with Crippen LogP contribution in [0.5, 0.6) is 0 Å². The Bertz CT molecular complexity index is 1050. The third-order valence-corrected chi connectivity index (χ3v) is 5.27. The van der Waals surface area contributed by atoms with Crippen molar-refractivity contribution in [3.8, 4) is 10.6 Å². The van der Waals surface area contributed by atoms with E-state index in [2.05, 4.69) is 15.3 Å². The maximum absolute atomic E-state index is 11.4. The SMILES string of the molecule is NS(=O)(=O)c1ccc(NCc2csc(-c3cccnc3)n2)c([N+](=O)[O-])c1. The first kappa shape index (κ1) is 17.9. The van der Waals surface area contributed by atoms with E-state index in [1.807, 2.05) is 17.5 Å². The van der Waals surface area contributed by atoms with E-state index in [1.165, 1.54) is 23.5 Å². The number of sulfonamides is 1. The van der Waals surface area contributed by atoms with Gasteiger partial charge in [0.05, 0.1) is 22.1 Å². The first-order valence-electron chi connectivity index (χ1n) is 7.24. The predicted octanol–water partition coefficient (Wildman–Crippen LogP) is 2.37. The van der Waals surface area contributed by atoms with Crippen molar-refractivity contribution in [2.75, 3.05) is 5.32 Å². The molecule has 3 rings (SSSR count). The smallest absolute Gasteiger partial charge is 0.293 e. The number of aromatic nitrogens is 2. The zero-order chi connectivity index (χ0) is 18.7. The summed E-state index contributed by atoms with van der Waals surface area (Å²) >= 11 is 1.43. The van der Waals surface area contributed by atoms with Crippen LogP contribution >= 0.6 is 11.3 Å². The molecule has 0 fully saturated rings. The van der Waals surface area contributed by atoms with E-state index in [0.29, 0.717) is 5.69 Å². The molecule has 0 saturated heterocycles. The van der Waals surface area contributed by atoms with Crippen LogP contribution in [-0.2, 0) is 16.6 Å². The molecule has 3 aromatic rings. The van der Waals surface area contributed by atoms with Crippen molar-refractivity contribution < 1.29 is 13.3 Å². The van der Waals surface area contributed by atoms with Gasteiger partial charge in [0.2, 0.25) is 10.0 Å². The lowest BCUT2D eigenvalue weighted by Gasteiger charge is -2.07. The lowest BCUT2D eigenvalue weighted by atomic mass is 10.2. The van der Waals surface area contributed by atoms with Crippen LogP contribution < -0.4 is 10.5 Å². The Morgan fingerprint density at radius 3 is 2.77 bits per heavy atom. The van der Waals surface area contributed by atoms with Gasteiger partial charge in [-0.15, -0.1) is 11.3 Å². The van der Waals surface area contributed by atoms with Crippen LogP contribution in [0, 0.1) is 10.1 Å². The molecule has 0 bridgehead atoms. The van der Waals surface area contributed by atoms with Gasteiger partial charge in [0, 0.05) is 29.4 Å². The minimum absolute atomic E-state index is 0.179. The number of benzene rings is 1. The quantitative estimate of drug-likeness (QED) is 0.485. The molecular weight excluding hydrogens is 378 g/mol. The van der Waals surface area contributed by atoms with E-state index in [4.69, 9.17) is 5.14 Å². The molecule has 134 valence electrons. The number of hydrogen-bond acceptors (Lipinski definition) is 8. The Morgan fingerprint density at radius 1 is 1.31 bits per heavy atom. The summed E-state index contributed by atoms with van der Waals surface area (Å²) in [5.74, 6) is 0. The maximum Gasteiger partial charge on any atom is 0.293 e. The zero-order valence-electron chi connectivity index (χ0n) is 13.2. The minimum atomic E-state index is -4.02. The summed E-state index contributed by atoms with van der Waals surface area (Å²) in [6.45, 7) is 0.242. The topological polar surface area (TPSA) is 141 Å². The van der Waals surface area contributed by atoms with Crippen molar-refractivity contribution >= 4 is 32.7 Å². The molecule has 0 amide bonds. The lowest BCUT2D eigenvalue weighted by Crippen LogP contribution is -2.13. The number of hydrogen-bond donors (Lipinski definition) is 2. The fourth-order valence-electron chi connectivity index (χ4n) is 2.18. The number of nitro benzene ring substituents is 1. The molecule has 26 heavy (non-hydrogen) atoms. The maximum atomic E-state index is 11.4. The Hall–Kier alpha value is -2.89. The largest absolute Gasteiger partial charge is 0.374 e. The van der Waals surface area contributed by atoms with Crippen molar-refractivity contribution in [1.29, 1.82) is 0 Å². The fourth-order valence-corrected chi connectivity index (χ4v) is 3.53. The van der Waals surface area contributed by atoms with Gasteiger partial charge in [0.25, 0.3) is 5.69 Å². The second-order valence-electron chi connectivity index (χ2n) is 5.22. The molecule has 0 aliphatic rings. The summed E-state index contributed by atoms with van der Waals surface area (Å²) in [4.78, 5) is 18.7. The van der Waals surface area contributed by atoms with Gasteiger partial charge in [-0.1, -0.05) is 0 Å². The number of anilines is 1. The van der Waals surface area contributed by atoms with Gasteiger partial charge >= 0.3 is 0 Å². The standard InChI is InChI=1S/C15H13N5O4S2/c16-26(23,24)12-3-4-13(14(6-12)20(21)22)18-8-11-9-25-15(19-11)10-2-1-5-17-7-10/h1-7,9,18H,8H2,(H2,16,23,24). The van der Waals surface area contributed by atoms with E-state index in [9.17, 15) is 18.5 Å². The van der Waals surface area contributed by atoms with Gasteiger partial charge in [-0.25, -0.2) is 18.5 Å². The normalized spacial score (nSPS) is 11.3. The van der Waals surface area contributed by atoms with Crippen molar-refractivity contribution in [2.45, 2.75) is 11.4 Å². The van der Waals surface area contributed by atoms with Crippen molar-refractivity contribution in [3.63, 3.8) is 0 Å². The molecule has 0 spiro atoms. The van der Waals surface area contributed by atoms with Crippen molar-refractivity contribution in [3.05, 3.63) is 63.9 Å².